The first-order chi connectivity index (χ1) is 12.7. The van der Waals surface area contributed by atoms with E-state index in [-0.39, 0.29) is 5.91 Å². The van der Waals surface area contributed by atoms with E-state index < -0.39 is 0 Å². The van der Waals surface area contributed by atoms with Crippen LogP contribution >= 0.6 is 12.2 Å². The predicted molar refractivity (Wildman–Crippen MR) is 107 cm³/mol. The summed E-state index contributed by atoms with van der Waals surface area (Å²) in [6.07, 6.45) is 2.35. The summed E-state index contributed by atoms with van der Waals surface area (Å²) in [7, 11) is 0. The zero-order valence-electron chi connectivity index (χ0n) is 14.6. The minimum Gasteiger partial charge on any atom is -0.436 e. The second-order valence-electron chi connectivity index (χ2n) is 6.02. The van der Waals surface area contributed by atoms with E-state index in [2.05, 4.69) is 15.6 Å². The minimum absolute atomic E-state index is 0.0457. The number of fused-ring (bicyclic) bond motifs is 1. The van der Waals surface area contributed by atoms with E-state index in [1.165, 1.54) is 0 Å². The first-order valence-corrected chi connectivity index (χ1v) is 9.09. The van der Waals surface area contributed by atoms with E-state index >= 15 is 0 Å². The predicted octanol–water partition coefficient (Wildman–Crippen LogP) is 4.18. The summed E-state index contributed by atoms with van der Waals surface area (Å²) >= 11 is 5.15. The van der Waals surface area contributed by atoms with Crippen LogP contribution in [0, 0.1) is 0 Å². The average Bonchev–Trinajstić information content (AvgIpc) is 3.09. The number of oxazole rings is 1. The second-order valence-corrected chi connectivity index (χ2v) is 6.43. The van der Waals surface area contributed by atoms with Crippen LogP contribution in [0.3, 0.4) is 0 Å². The molecule has 1 amide bonds. The molecule has 2 N–H and O–H groups in total. The summed E-state index contributed by atoms with van der Waals surface area (Å²) in [5.41, 5.74) is 3.59. The lowest BCUT2D eigenvalue weighted by atomic mass is 10.1. The molecule has 3 rings (SSSR count). The quantitative estimate of drug-likeness (QED) is 0.640. The van der Waals surface area contributed by atoms with Crippen molar-refractivity contribution in [2.45, 2.75) is 32.7 Å². The maximum atomic E-state index is 11.6. The molecule has 0 radical (unpaired) electrons. The first-order valence-electron chi connectivity index (χ1n) is 8.68. The summed E-state index contributed by atoms with van der Waals surface area (Å²) in [6.45, 7) is 2.59. The van der Waals surface area contributed by atoms with Crippen LogP contribution in [0.1, 0.15) is 31.7 Å². The van der Waals surface area contributed by atoms with Crippen LogP contribution in [0.15, 0.2) is 52.9 Å². The molecule has 0 saturated heterocycles. The lowest BCUT2D eigenvalue weighted by Crippen LogP contribution is -2.38. The maximum absolute atomic E-state index is 11.6. The van der Waals surface area contributed by atoms with Crippen LogP contribution in [-0.2, 0) is 11.3 Å². The number of carbonyl (C=O) groups excluding carboxylic acids is 1. The fraction of sp³-hybridized carbons (Fsp3) is 0.250. The van der Waals surface area contributed by atoms with Gasteiger partial charge in [0.2, 0.25) is 11.8 Å². The van der Waals surface area contributed by atoms with Crippen molar-refractivity contribution in [1.29, 1.82) is 0 Å². The summed E-state index contributed by atoms with van der Waals surface area (Å²) in [5.74, 6) is 0.556. The number of thiocarbonyl (C=S) groups is 1. The molecule has 26 heavy (non-hydrogen) atoms. The molecule has 134 valence electrons. The normalized spacial score (nSPS) is 10.7. The number of carbonyl (C=O) groups is 1. The van der Waals surface area contributed by atoms with Gasteiger partial charge in [-0.3, -0.25) is 4.79 Å². The topological polar surface area (TPSA) is 67.2 Å². The Balaban J connectivity index is 1.56. The van der Waals surface area contributed by atoms with Gasteiger partial charge in [0.25, 0.3) is 0 Å². The molecule has 3 aromatic rings. The Labute approximate surface area is 157 Å². The van der Waals surface area contributed by atoms with Gasteiger partial charge in [-0.1, -0.05) is 37.6 Å². The second kappa shape index (κ2) is 8.58. The molecule has 6 heteroatoms. The number of rotatable bonds is 6. The number of amides is 1. The number of hydrogen-bond donors (Lipinski definition) is 2. The lowest BCUT2D eigenvalue weighted by Gasteiger charge is -2.09. The Hall–Kier alpha value is -2.73. The standard InChI is InChI=1S/C20H21N3O2S/c1-2-3-8-18(24)23-20(26)21-13-14-9-11-15(12-10-14)19-22-16-6-4-5-7-17(16)25-19/h4-7,9-12H,2-3,8,13H2,1H3,(H2,21,23,24,26). The van der Waals surface area contributed by atoms with Gasteiger partial charge < -0.3 is 15.1 Å². The number of hydrogen-bond acceptors (Lipinski definition) is 4. The highest BCUT2D eigenvalue weighted by molar-refractivity contribution is 7.80. The van der Waals surface area contributed by atoms with Crippen LogP contribution in [0.5, 0.6) is 0 Å². The third-order valence-corrected chi connectivity index (χ3v) is 4.20. The molecule has 0 bridgehead atoms. The van der Waals surface area contributed by atoms with Crippen molar-refractivity contribution in [1.82, 2.24) is 15.6 Å². The minimum atomic E-state index is -0.0457. The Morgan fingerprint density at radius 1 is 1.15 bits per heavy atom. The monoisotopic (exact) mass is 367 g/mol. The molecule has 0 spiro atoms. The van der Waals surface area contributed by atoms with E-state index in [1.54, 1.807) is 0 Å². The number of aromatic nitrogens is 1. The highest BCUT2D eigenvalue weighted by Gasteiger charge is 2.08. The van der Waals surface area contributed by atoms with Gasteiger partial charge >= 0.3 is 0 Å². The van der Waals surface area contributed by atoms with Gasteiger partial charge in [-0.05, 0) is 48.5 Å². The maximum Gasteiger partial charge on any atom is 0.227 e. The van der Waals surface area contributed by atoms with Crippen molar-refractivity contribution in [2.24, 2.45) is 0 Å². The van der Waals surface area contributed by atoms with Crippen molar-refractivity contribution in [3.63, 3.8) is 0 Å². The third kappa shape index (κ3) is 4.67. The largest absolute Gasteiger partial charge is 0.436 e. The zero-order chi connectivity index (χ0) is 18.4. The van der Waals surface area contributed by atoms with Gasteiger partial charge in [0.1, 0.15) is 5.52 Å². The molecule has 2 aromatic carbocycles. The summed E-state index contributed by atoms with van der Waals surface area (Å²) < 4.78 is 5.77. The van der Waals surface area contributed by atoms with Crippen LogP contribution in [0.2, 0.25) is 0 Å². The number of nitrogens with one attached hydrogen (secondary N) is 2. The molecule has 0 aliphatic heterocycles. The van der Waals surface area contributed by atoms with E-state index in [0.717, 1.165) is 35.1 Å². The highest BCUT2D eigenvalue weighted by Crippen LogP contribution is 2.24. The average molecular weight is 367 g/mol. The van der Waals surface area contributed by atoms with Gasteiger partial charge in [0.15, 0.2) is 10.7 Å². The van der Waals surface area contributed by atoms with Gasteiger partial charge in [0.05, 0.1) is 0 Å². The van der Waals surface area contributed by atoms with Crippen molar-refractivity contribution in [2.75, 3.05) is 0 Å². The van der Waals surface area contributed by atoms with Crippen molar-refractivity contribution >= 4 is 34.3 Å². The summed E-state index contributed by atoms with van der Waals surface area (Å²) in [6, 6.07) is 15.6. The molecule has 0 aliphatic carbocycles. The van der Waals surface area contributed by atoms with Crippen LogP contribution in [-0.4, -0.2) is 16.0 Å². The zero-order valence-corrected chi connectivity index (χ0v) is 15.4. The van der Waals surface area contributed by atoms with Crippen molar-refractivity contribution in [3.8, 4) is 11.5 Å². The molecule has 1 aromatic heterocycles. The molecule has 0 unspecified atom stereocenters. The van der Waals surface area contributed by atoms with Gasteiger partial charge in [0, 0.05) is 18.5 Å². The first kappa shape index (κ1) is 18.1. The number of para-hydroxylation sites is 2. The van der Waals surface area contributed by atoms with E-state index in [4.69, 9.17) is 16.6 Å². The van der Waals surface area contributed by atoms with Crippen molar-refractivity contribution < 1.29 is 9.21 Å². The number of nitrogens with zero attached hydrogens (tertiary/aromatic N) is 1. The molecular formula is C20H21N3O2S. The molecule has 0 aliphatic rings. The Kier molecular flexibility index (Phi) is 5.96. The fourth-order valence-electron chi connectivity index (χ4n) is 2.51. The van der Waals surface area contributed by atoms with Crippen LogP contribution in [0.25, 0.3) is 22.6 Å². The van der Waals surface area contributed by atoms with Crippen LogP contribution < -0.4 is 10.6 Å². The lowest BCUT2D eigenvalue weighted by molar-refractivity contribution is -0.119. The van der Waals surface area contributed by atoms with E-state index in [0.29, 0.717) is 24.0 Å². The SMILES string of the molecule is CCCCC(=O)NC(=S)NCc1ccc(-c2nc3ccccc3o2)cc1. The molecule has 0 atom stereocenters. The van der Waals surface area contributed by atoms with Crippen LogP contribution in [0.4, 0.5) is 0 Å². The van der Waals surface area contributed by atoms with Crippen molar-refractivity contribution in [3.05, 3.63) is 54.1 Å². The Bertz CT molecular complexity index is 870. The third-order valence-electron chi connectivity index (χ3n) is 3.96. The summed E-state index contributed by atoms with van der Waals surface area (Å²) in [5, 5.41) is 6.10. The van der Waals surface area contributed by atoms with Gasteiger partial charge in [-0.25, -0.2) is 4.98 Å². The smallest absolute Gasteiger partial charge is 0.227 e. The Morgan fingerprint density at radius 3 is 2.65 bits per heavy atom. The molecule has 1 heterocycles. The molecule has 0 fully saturated rings. The number of unbranched alkanes of at least 4 members (excludes halogenated alkanes) is 1. The van der Waals surface area contributed by atoms with Gasteiger partial charge in [-0.2, -0.15) is 0 Å². The number of benzene rings is 2. The molecular weight excluding hydrogens is 346 g/mol. The molecule has 0 saturated carbocycles. The summed E-state index contributed by atoms with van der Waals surface area (Å²) in [4.78, 5) is 16.1. The van der Waals surface area contributed by atoms with Gasteiger partial charge in [-0.15, -0.1) is 0 Å². The van der Waals surface area contributed by atoms with E-state index in [9.17, 15) is 4.79 Å². The molecule has 5 nitrogen and oxygen atoms in total. The Morgan fingerprint density at radius 2 is 1.92 bits per heavy atom. The highest BCUT2D eigenvalue weighted by atomic mass is 32.1. The van der Waals surface area contributed by atoms with E-state index in [1.807, 2.05) is 55.5 Å². The fourth-order valence-corrected chi connectivity index (χ4v) is 2.70.